The van der Waals surface area contributed by atoms with Gasteiger partial charge in [0.1, 0.15) is 0 Å². The second-order valence-corrected chi connectivity index (χ2v) is 5.84. The Balaban J connectivity index is 2.41. The molecular formula is C8H17NO3S. The van der Waals surface area contributed by atoms with Crippen LogP contribution in [0.4, 0.5) is 0 Å². The van der Waals surface area contributed by atoms with Crippen molar-refractivity contribution in [1.82, 2.24) is 0 Å². The Morgan fingerprint density at radius 2 is 2.23 bits per heavy atom. The summed E-state index contributed by atoms with van der Waals surface area (Å²) in [6, 6.07) is 0. The molecule has 2 N–H and O–H groups in total. The first kappa shape index (κ1) is 10.9. The molecule has 4 nitrogen and oxygen atoms in total. The molecule has 5 heteroatoms. The average molecular weight is 207 g/mol. The molecule has 0 aliphatic carbocycles. The monoisotopic (exact) mass is 207 g/mol. The van der Waals surface area contributed by atoms with Crippen LogP contribution in [0.2, 0.25) is 0 Å². The van der Waals surface area contributed by atoms with Crippen LogP contribution < -0.4 is 5.73 Å². The number of nitrogens with two attached hydrogens (primary N) is 1. The smallest absolute Gasteiger partial charge is 0.152 e. The van der Waals surface area contributed by atoms with Crippen molar-refractivity contribution in [2.75, 3.05) is 24.7 Å². The molecule has 1 atom stereocenters. The van der Waals surface area contributed by atoms with Gasteiger partial charge in [-0.05, 0) is 19.8 Å². The van der Waals surface area contributed by atoms with Gasteiger partial charge in [-0.25, -0.2) is 8.42 Å². The Bertz CT molecular complexity index is 263. The maximum Gasteiger partial charge on any atom is 0.152 e. The van der Waals surface area contributed by atoms with Gasteiger partial charge in [0, 0.05) is 18.8 Å². The summed E-state index contributed by atoms with van der Waals surface area (Å²) in [5, 5.41) is 0. The highest BCUT2D eigenvalue weighted by atomic mass is 32.2. The predicted octanol–water partition coefficient (Wildman–Crippen LogP) is -0.0710. The van der Waals surface area contributed by atoms with Gasteiger partial charge in [-0.15, -0.1) is 0 Å². The molecule has 1 unspecified atom stereocenters. The minimum Gasteiger partial charge on any atom is -0.382 e. The van der Waals surface area contributed by atoms with E-state index in [1.54, 1.807) is 0 Å². The fourth-order valence-corrected chi connectivity index (χ4v) is 3.58. The van der Waals surface area contributed by atoms with Crippen molar-refractivity contribution in [2.24, 2.45) is 5.73 Å². The molecule has 13 heavy (non-hydrogen) atoms. The Hall–Kier alpha value is -0.130. The quantitative estimate of drug-likeness (QED) is 0.655. The Labute approximate surface area is 79.4 Å². The van der Waals surface area contributed by atoms with Crippen LogP contribution >= 0.6 is 0 Å². The molecule has 1 saturated heterocycles. The topological polar surface area (TPSA) is 69.4 Å². The van der Waals surface area contributed by atoms with Crippen LogP contribution in [0.25, 0.3) is 0 Å². The van der Waals surface area contributed by atoms with E-state index in [2.05, 4.69) is 0 Å². The van der Waals surface area contributed by atoms with E-state index in [4.69, 9.17) is 10.5 Å². The van der Waals surface area contributed by atoms with E-state index >= 15 is 0 Å². The van der Waals surface area contributed by atoms with Crippen molar-refractivity contribution in [3.05, 3.63) is 0 Å². The van der Waals surface area contributed by atoms with Crippen LogP contribution in [-0.4, -0.2) is 38.7 Å². The van der Waals surface area contributed by atoms with Crippen LogP contribution in [0.5, 0.6) is 0 Å². The van der Waals surface area contributed by atoms with E-state index in [1.807, 2.05) is 6.92 Å². The van der Waals surface area contributed by atoms with Crippen LogP contribution in [0, 0.1) is 0 Å². The zero-order valence-electron chi connectivity index (χ0n) is 7.95. The van der Waals surface area contributed by atoms with Gasteiger partial charge in [0.25, 0.3) is 0 Å². The highest BCUT2D eigenvalue weighted by molar-refractivity contribution is 7.91. The van der Waals surface area contributed by atoms with Crippen LogP contribution in [0.3, 0.4) is 0 Å². The van der Waals surface area contributed by atoms with E-state index in [1.165, 1.54) is 0 Å². The molecule has 0 aromatic heterocycles. The molecule has 0 amide bonds. The lowest BCUT2D eigenvalue weighted by molar-refractivity contribution is 0.129. The maximum absolute atomic E-state index is 11.2. The Kier molecular flexibility index (Phi) is 3.32. The third-order valence-electron chi connectivity index (χ3n) is 2.37. The Morgan fingerprint density at radius 3 is 2.69 bits per heavy atom. The van der Waals surface area contributed by atoms with Gasteiger partial charge in [0.2, 0.25) is 0 Å². The summed E-state index contributed by atoms with van der Waals surface area (Å²) in [5.41, 5.74) is 5.38. The molecule has 0 saturated carbocycles. The lowest BCUT2D eigenvalue weighted by atomic mass is 9.97. The van der Waals surface area contributed by atoms with Crippen molar-refractivity contribution in [3.8, 4) is 0 Å². The van der Waals surface area contributed by atoms with Gasteiger partial charge in [-0.2, -0.15) is 0 Å². The lowest BCUT2D eigenvalue weighted by Gasteiger charge is -2.21. The summed E-state index contributed by atoms with van der Waals surface area (Å²) in [6.07, 6.45) is 1.21. The summed E-state index contributed by atoms with van der Waals surface area (Å²) >= 11 is 0. The second kappa shape index (κ2) is 3.94. The van der Waals surface area contributed by atoms with Gasteiger partial charge in [0.15, 0.2) is 9.84 Å². The molecule has 0 aromatic carbocycles. The summed E-state index contributed by atoms with van der Waals surface area (Å²) in [4.78, 5) is 0. The number of sulfone groups is 1. The second-order valence-electron chi connectivity index (χ2n) is 3.65. The van der Waals surface area contributed by atoms with E-state index in [9.17, 15) is 8.42 Å². The van der Waals surface area contributed by atoms with E-state index in [0.29, 0.717) is 26.1 Å². The molecule has 0 radical (unpaired) electrons. The fourth-order valence-electron chi connectivity index (χ4n) is 1.56. The first-order chi connectivity index (χ1) is 5.97. The van der Waals surface area contributed by atoms with Gasteiger partial charge in [-0.3, -0.25) is 0 Å². The lowest BCUT2D eigenvalue weighted by Crippen LogP contribution is -2.42. The molecule has 78 valence electrons. The third kappa shape index (κ3) is 3.25. The van der Waals surface area contributed by atoms with Crippen LogP contribution in [-0.2, 0) is 14.6 Å². The standard InChI is InChI=1S/C8H17NO3S/c1-2-12-5-3-8(9)4-6-13(10,11)7-8/h2-7,9H2,1H3. The van der Waals surface area contributed by atoms with Crippen LogP contribution in [0.1, 0.15) is 19.8 Å². The van der Waals surface area contributed by atoms with Gasteiger partial charge >= 0.3 is 0 Å². The number of hydrogen-bond acceptors (Lipinski definition) is 4. The predicted molar refractivity (Wildman–Crippen MR) is 51.3 cm³/mol. The van der Waals surface area contributed by atoms with Gasteiger partial charge in [-0.1, -0.05) is 0 Å². The number of ether oxygens (including phenoxy) is 1. The first-order valence-electron chi connectivity index (χ1n) is 4.54. The largest absolute Gasteiger partial charge is 0.382 e. The van der Waals surface area contributed by atoms with Crippen molar-refractivity contribution in [2.45, 2.75) is 25.3 Å². The van der Waals surface area contributed by atoms with E-state index < -0.39 is 15.4 Å². The molecule has 1 heterocycles. The highest BCUT2D eigenvalue weighted by Gasteiger charge is 2.38. The fraction of sp³-hybridized carbons (Fsp3) is 1.00. The number of rotatable bonds is 4. The van der Waals surface area contributed by atoms with Crippen molar-refractivity contribution < 1.29 is 13.2 Å². The third-order valence-corrected chi connectivity index (χ3v) is 4.21. The van der Waals surface area contributed by atoms with Crippen molar-refractivity contribution >= 4 is 9.84 Å². The minimum absolute atomic E-state index is 0.118. The molecule has 0 aromatic rings. The molecule has 0 spiro atoms. The first-order valence-corrected chi connectivity index (χ1v) is 6.37. The SMILES string of the molecule is CCOCCC1(N)CCS(=O)(=O)C1. The van der Waals surface area contributed by atoms with Gasteiger partial charge < -0.3 is 10.5 Å². The van der Waals surface area contributed by atoms with Crippen LogP contribution in [0.15, 0.2) is 0 Å². The van der Waals surface area contributed by atoms with E-state index in [0.717, 1.165) is 0 Å². The minimum atomic E-state index is -2.87. The normalized spacial score (nSPS) is 32.2. The zero-order chi connectivity index (χ0) is 9.95. The molecule has 1 aliphatic heterocycles. The summed E-state index contributed by atoms with van der Waals surface area (Å²) in [6.45, 7) is 3.12. The summed E-state index contributed by atoms with van der Waals surface area (Å²) in [7, 11) is -2.87. The maximum atomic E-state index is 11.2. The average Bonchev–Trinajstić information content (AvgIpc) is 2.27. The summed E-state index contributed by atoms with van der Waals surface area (Å²) < 4.78 is 27.5. The van der Waals surface area contributed by atoms with Gasteiger partial charge in [0.05, 0.1) is 11.5 Å². The van der Waals surface area contributed by atoms with Crippen molar-refractivity contribution in [3.63, 3.8) is 0 Å². The van der Waals surface area contributed by atoms with E-state index in [-0.39, 0.29) is 11.5 Å². The Morgan fingerprint density at radius 1 is 1.54 bits per heavy atom. The molecule has 1 rings (SSSR count). The molecule has 1 aliphatic rings. The highest BCUT2D eigenvalue weighted by Crippen LogP contribution is 2.23. The number of hydrogen-bond donors (Lipinski definition) is 1. The zero-order valence-corrected chi connectivity index (χ0v) is 8.77. The molecule has 1 fully saturated rings. The molecule has 0 bridgehead atoms. The van der Waals surface area contributed by atoms with Crippen molar-refractivity contribution in [1.29, 1.82) is 0 Å². The summed E-state index contributed by atoms with van der Waals surface area (Å²) in [5.74, 6) is 0.350. The molecular weight excluding hydrogens is 190 g/mol.